The highest BCUT2D eigenvalue weighted by Crippen LogP contribution is 2.37. The van der Waals surface area contributed by atoms with Crippen molar-refractivity contribution in [3.63, 3.8) is 0 Å². The van der Waals surface area contributed by atoms with Gasteiger partial charge in [0.25, 0.3) is 0 Å². The summed E-state index contributed by atoms with van der Waals surface area (Å²) in [4.78, 5) is 12.6. The number of nitrogens with zero attached hydrogens (tertiary/aromatic N) is 3. The van der Waals surface area contributed by atoms with Gasteiger partial charge in [0.05, 0.1) is 14.7 Å². The van der Waals surface area contributed by atoms with E-state index in [4.69, 9.17) is 11.6 Å². The lowest BCUT2D eigenvalue weighted by Crippen LogP contribution is -1.85. The van der Waals surface area contributed by atoms with E-state index < -0.39 is 0 Å². The van der Waals surface area contributed by atoms with Crippen LogP contribution in [0.15, 0.2) is 44.4 Å². The van der Waals surface area contributed by atoms with E-state index in [0.717, 1.165) is 19.6 Å². The van der Waals surface area contributed by atoms with Crippen LogP contribution in [0.4, 0.5) is 0 Å². The Balaban J connectivity index is 1.99. The number of hydrogen-bond donors (Lipinski definition) is 0. The van der Waals surface area contributed by atoms with Gasteiger partial charge in [0, 0.05) is 0 Å². The van der Waals surface area contributed by atoms with E-state index in [2.05, 4.69) is 36.9 Å². The molecule has 0 radical (unpaired) electrons. The van der Waals surface area contributed by atoms with Crippen LogP contribution in [0.3, 0.4) is 0 Å². The van der Waals surface area contributed by atoms with Gasteiger partial charge < -0.3 is 0 Å². The lowest BCUT2D eigenvalue weighted by atomic mass is 10.3. The molecule has 0 saturated carbocycles. The summed E-state index contributed by atoms with van der Waals surface area (Å²) in [6.45, 7) is 0. The first-order valence-electron chi connectivity index (χ1n) is 4.93. The van der Waals surface area contributed by atoms with Crippen LogP contribution < -0.4 is 0 Å². The average Bonchev–Trinajstić information content (AvgIpc) is 2.77. The Labute approximate surface area is 125 Å². The summed E-state index contributed by atoms with van der Waals surface area (Å²) in [6.07, 6.45) is 1.45. The highest BCUT2D eigenvalue weighted by molar-refractivity contribution is 9.10. The largest absolute Gasteiger partial charge is 0.229 e. The van der Waals surface area contributed by atoms with Crippen LogP contribution in [-0.4, -0.2) is 15.0 Å². The van der Waals surface area contributed by atoms with Crippen molar-refractivity contribution >= 4 is 60.8 Å². The van der Waals surface area contributed by atoms with Gasteiger partial charge in [-0.1, -0.05) is 23.7 Å². The van der Waals surface area contributed by atoms with E-state index >= 15 is 0 Å². The Morgan fingerprint density at radius 1 is 1.22 bits per heavy atom. The molecule has 0 aliphatic heterocycles. The summed E-state index contributed by atoms with van der Waals surface area (Å²) >= 11 is 12.4. The minimum atomic E-state index is 0.411. The molecule has 7 heteroatoms. The van der Waals surface area contributed by atoms with Crippen molar-refractivity contribution in [2.75, 3.05) is 0 Å². The maximum atomic E-state index is 5.93. The number of hydrogen-bond acceptors (Lipinski definition) is 5. The molecule has 0 atom stereocenters. The van der Waals surface area contributed by atoms with Crippen LogP contribution in [-0.2, 0) is 0 Å². The molecular formula is C11H5BrClN3S2. The molecule has 3 aromatic rings. The normalized spacial score (nSPS) is 11.0. The third-order valence-corrected chi connectivity index (χ3v) is 5.80. The smallest absolute Gasteiger partial charge is 0.157 e. The molecular weight excluding hydrogens is 354 g/mol. The number of para-hydroxylation sites is 1. The fourth-order valence-electron chi connectivity index (χ4n) is 1.38. The molecule has 0 unspecified atom stereocenters. The molecule has 3 rings (SSSR count). The van der Waals surface area contributed by atoms with E-state index in [1.54, 1.807) is 11.3 Å². The van der Waals surface area contributed by atoms with Crippen LogP contribution in [0.1, 0.15) is 0 Å². The van der Waals surface area contributed by atoms with Crippen molar-refractivity contribution in [2.24, 2.45) is 0 Å². The zero-order valence-electron chi connectivity index (χ0n) is 8.80. The Morgan fingerprint density at radius 2 is 2.06 bits per heavy atom. The van der Waals surface area contributed by atoms with Gasteiger partial charge >= 0.3 is 0 Å². The molecule has 0 bridgehead atoms. The van der Waals surface area contributed by atoms with Gasteiger partial charge in [-0.15, -0.1) is 11.3 Å². The van der Waals surface area contributed by atoms with Gasteiger partial charge in [-0.2, -0.15) is 0 Å². The maximum absolute atomic E-state index is 5.93. The molecule has 0 spiro atoms. The molecule has 1 aromatic carbocycles. The van der Waals surface area contributed by atoms with E-state index in [-0.39, 0.29) is 0 Å². The van der Waals surface area contributed by atoms with Gasteiger partial charge in [0.15, 0.2) is 4.34 Å². The maximum Gasteiger partial charge on any atom is 0.157 e. The van der Waals surface area contributed by atoms with Crippen molar-refractivity contribution in [2.45, 2.75) is 9.37 Å². The van der Waals surface area contributed by atoms with Crippen LogP contribution in [0.5, 0.6) is 0 Å². The zero-order chi connectivity index (χ0) is 12.5. The summed E-state index contributed by atoms with van der Waals surface area (Å²) in [5.74, 6) is 0. The van der Waals surface area contributed by atoms with Gasteiger partial charge in [0.2, 0.25) is 0 Å². The monoisotopic (exact) mass is 357 g/mol. The number of rotatable bonds is 2. The number of aromatic nitrogens is 3. The summed E-state index contributed by atoms with van der Waals surface area (Å²) in [6, 6.07) is 8.04. The van der Waals surface area contributed by atoms with Crippen LogP contribution >= 0.6 is 50.6 Å². The van der Waals surface area contributed by atoms with Crippen molar-refractivity contribution in [1.29, 1.82) is 0 Å². The van der Waals surface area contributed by atoms with Gasteiger partial charge in [-0.05, 0) is 39.8 Å². The molecule has 0 saturated heterocycles. The SMILES string of the molecule is Clc1ncnc(Sc2nc3ccccc3s2)c1Br. The van der Waals surface area contributed by atoms with Crippen molar-refractivity contribution in [3.8, 4) is 0 Å². The second-order valence-corrected chi connectivity index (χ2v) is 6.75. The molecule has 3 nitrogen and oxygen atoms in total. The van der Waals surface area contributed by atoms with Gasteiger partial charge in [-0.3, -0.25) is 0 Å². The first-order chi connectivity index (χ1) is 8.74. The highest BCUT2D eigenvalue weighted by Gasteiger charge is 2.11. The predicted molar refractivity (Wildman–Crippen MR) is 78.5 cm³/mol. The molecule has 90 valence electrons. The van der Waals surface area contributed by atoms with Crippen molar-refractivity contribution in [3.05, 3.63) is 40.2 Å². The van der Waals surface area contributed by atoms with E-state index in [9.17, 15) is 0 Å². The van der Waals surface area contributed by atoms with Gasteiger partial charge in [-0.25, -0.2) is 15.0 Å². The highest BCUT2D eigenvalue weighted by atomic mass is 79.9. The minimum Gasteiger partial charge on any atom is -0.229 e. The Kier molecular flexibility index (Phi) is 3.52. The lowest BCUT2D eigenvalue weighted by Gasteiger charge is -2.00. The van der Waals surface area contributed by atoms with E-state index in [0.29, 0.717) is 9.63 Å². The fraction of sp³-hybridized carbons (Fsp3) is 0. The summed E-state index contributed by atoms with van der Waals surface area (Å²) in [7, 11) is 0. The van der Waals surface area contributed by atoms with Gasteiger partial charge in [0.1, 0.15) is 16.5 Å². The van der Waals surface area contributed by atoms with Crippen molar-refractivity contribution < 1.29 is 0 Å². The molecule has 2 heterocycles. The Hall–Kier alpha value is -0.690. The molecule has 0 aliphatic carbocycles. The van der Waals surface area contributed by atoms with Crippen LogP contribution in [0.2, 0.25) is 5.15 Å². The van der Waals surface area contributed by atoms with Crippen molar-refractivity contribution in [1.82, 2.24) is 15.0 Å². The standard InChI is InChI=1S/C11H5BrClN3S2/c12-8-9(13)14-5-15-10(8)18-11-16-6-3-1-2-4-7(6)17-11/h1-5H. The minimum absolute atomic E-state index is 0.411. The van der Waals surface area contributed by atoms with E-state index in [1.807, 2.05) is 18.2 Å². The second kappa shape index (κ2) is 5.13. The molecule has 2 aromatic heterocycles. The lowest BCUT2D eigenvalue weighted by molar-refractivity contribution is 1.02. The number of fused-ring (bicyclic) bond motifs is 1. The molecule has 0 fully saturated rings. The Bertz CT molecular complexity index is 683. The third-order valence-electron chi connectivity index (χ3n) is 2.17. The predicted octanol–water partition coefficient (Wildman–Crippen LogP) is 4.65. The topological polar surface area (TPSA) is 38.7 Å². The first kappa shape index (κ1) is 12.3. The molecule has 18 heavy (non-hydrogen) atoms. The van der Waals surface area contributed by atoms with Crippen LogP contribution in [0, 0.1) is 0 Å². The Morgan fingerprint density at radius 3 is 2.89 bits per heavy atom. The number of thiazole rings is 1. The molecule has 0 amide bonds. The molecule has 0 aliphatic rings. The fourth-order valence-corrected chi connectivity index (χ4v) is 3.98. The second-order valence-electron chi connectivity index (χ2n) is 3.33. The van der Waals surface area contributed by atoms with E-state index in [1.165, 1.54) is 18.1 Å². The number of halogens is 2. The van der Waals surface area contributed by atoms with Crippen LogP contribution in [0.25, 0.3) is 10.2 Å². The summed E-state index contributed by atoms with van der Waals surface area (Å²) in [5.41, 5.74) is 1.00. The zero-order valence-corrected chi connectivity index (χ0v) is 12.8. The quantitative estimate of drug-likeness (QED) is 0.625. The summed E-state index contributed by atoms with van der Waals surface area (Å²) < 4.78 is 2.80. The third kappa shape index (κ3) is 2.38. The first-order valence-corrected chi connectivity index (χ1v) is 7.74. The summed E-state index contributed by atoms with van der Waals surface area (Å²) in [5, 5.41) is 1.18. The number of benzene rings is 1. The molecule has 0 N–H and O–H groups in total. The average molecular weight is 359 g/mol.